The Morgan fingerprint density at radius 2 is 1.50 bits per heavy atom. The molecule has 0 saturated carbocycles. The quantitative estimate of drug-likeness (QED) is 0.503. The summed E-state index contributed by atoms with van der Waals surface area (Å²) in [5.41, 5.74) is 1.32. The largest absolute Gasteiger partial charge is 1.00 e. The van der Waals surface area contributed by atoms with E-state index in [0.717, 1.165) is 0 Å². The van der Waals surface area contributed by atoms with Gasteiger partial charge in [0, 0.05) is 0 Å². The van der Waals surface area contributed by atoms with Gasteiger partial charge in [-0.25, -0.2) is 0 Å². The van der Waals surface area contributed by atoms with Crippen molar-refractivity contribution < 1.29 is 17.1 Å². The molecule has 0 bridgehead atoms. The van der Waals surface area contributed by atoms with E-state index in [-0.39, 0.29) is 17.1 Å². The number of aryl methyl sites for hydroxylation is 1. The van der Waals surface area contributed by atoms with Gasteiger partial charge in [0.05, 0.1) is 0 Å². The van der Waals surface area contributed by atoms with Crippen LogP contribution in [0.2, 0.25) is 0 Å². The van der Waals surface area contributed by atoms with Crippen LogP contribution in [-0.2, 0) is 17.1 Å². The normalized spacial score (nSPS) is 7.62. The molecule has 0 aliphatic carbocycles. The minimum atomic E-state index is 0. The van der Waals surface area contributed by atoms with Gasteiger partial charge < -0.3 is 0 Å². The molecule has 0 atom stereocenters. The molecule has 0 heterocycles. The topological polar surface area (TPSA) is 0 Å². The van der Waals surface area contributed by atoms with E-state index in [0.29, 0.717) is 0 Å². The van der Waals surface area contributed by atoms with Crippen LogP contribution in [0.1, 0.15) is 5.56 Å². The third-order valence-corrected chi connectivity index (χ3v) is 0.940. The minimum absolute atomic E-state index is 0. The molecule has 8 heavy (non-hydrogen) atoms. The Labute approximate surface area is 60.4 Å². The Morgan fingerprint density at radius 3 is 1.75 bits per heavy atom. The van der Waals surface area contributed by atoms with Crippen molar-refractivity contribution in [3.63, 3.8) is 0 Å². The average molecular weight is 156 g/mol. The van der Waals surface area contributed by atoms with Crippen LogP contribution in [0.3, 0.4) is 0 Å². The zero-order valence-electron chi connectivity index (χ0n) is 4.69. The van der Waals surface area contributed by atoms with Crippen molar-refractivity contribution in [3.05, 3.63) is 35.9 Å². The van der Waals surface area contributed by atoms with Gasteiger partial charge in [-0.05, 0) is 6.92 Å². The summed E-state index contributed by atoms with van der Waals surface area (Å²) in [7, 11) is 0. The monoisotopic (exact) mass is 155 g/mol. The Hall–Kier alpha value is -0.261. The molecule has 1 aromatic rings. The Kier molecular flexibility index (Phi) is 3.59. The Bertz CT molecular complexity index is 134. The molecule has 0 aliphatic heterocycles. The maximum absolute atomic E-state index is 2.08. The smallest absolute Gasteiger partial charge is 0.0622 e. The number of benzene rings is 1. The van der Waals surface area contributed by atoms with Gasteiger partial charge in [0.25, 0.3) is 0 Å². The van der Waals surface area contributed by atoms with Crippen molar-refractivity contribution in [2.45, 2.75) is 6.92 Å². The van der Waals surface area contributed by atoms with Gasteiger partial charge in [-0.3, -0.25) is 0 Å². The van der Waals surface area contributed by atoms with Crippen LogP contribution in [0, 0.1) is 6.92 Å². The first-order chi connectivity index (χ1) is 3.39. The van der Waals surface area contributed by atoms with Crippen LogP contribution in [0.4, 0.5) is 0 Å². The molecule has 0 aliphatic rings. The molecule has 0 spiro atoms. The molecular formula is C7H8Cu+. The molecule has 0 unspecified atom stereocenters. The van der Waals surface area contributed by atoms with Crippen molar-refractivity contribution in [3.8, 4) is 0 Å². The standard InChI is InChI=1S/C7H8.Cu/c1-7-5-3-2-4-6-7;/h2-6H,1H3;/q;+1. The molecule has 0 amide bonds. The third kappa shape index (κ3) is 2.15. The fourth-order valence-corrected chi connectivity index (χ4v) is 0.534. The van der Waals surface area contributed by atoms with Crippen molar-refractivity contribution in [1.82, 2.24) is 0 Å². The number of hydrogen-bond acceptors (Lipinski definition) is 0. The average Bonchev–Trinajstić information content (AvgIpc) is 1.69. The fourth-order valence-electron chi connectivity index (χ4n) is 0.534. The van der Waals surface area contributed by atoms with Gasteiger partial charge in [-0.15, -0.1) is 0 Å². The second-order valence-corrected chi connectivity index (χ2v) is 1.65. The van der Waals surface area contributed by atoms with Gasteiger partial charge in [-0.1, -0.05) is 35.9 Å². The first kappa shape index (κ1) is 7.74. The summed E-state index contributed by atoms with van der Waals surface area (Å²) in [6.07, 6.45) is 0. The third-order valence-electron chi connectivity index (χ3n) is 0.940. The zero-order chi connectivity index (χ0) is 5.11. The molecule has 0 nitrogen and oxygen atoms in total. The molecule has 0 radical (unpaired) electrons. The summed E-state index contributed by atoms with van der Waals surface area (Å²) in [5, 5.41) is 0. The molecule has 0 fully saturated rings. The Balaban J connectivity index is 0.000000490. The van der Waals surface area contributed by atoms with E-state index < -0.39 is 0 Å². The van der Waals surface area contributed by atoms with Crippen LogP contribution in [-0.4, -0.2) is 0 Å². The van der Waals surface area contributed by atoms with Gasteiger partial charge in [0.1, 0.15) is 0 Å². The molecule has 0 N–H and O–H groups in total. The second kappa shape index (κ2) is 3.71. The summed E-state index contributed by atoms with van der Waals surface area (Å²) in [6, 6.07) is 10.3. The summed E-state index contributed by atoms with van der Waals surface area (Å²) < 4.78 is 0. The van der Waals surface area contributed by atoms with Crippen molar-refractivity contribution in [2.75, 3.05) is 0 Å². The van der Waals surface area contributed by atoms with Gasteiger partial charge in [0.2, 0.25) is 0 Å². The summed E-state index contributed by atoms with van der Waals surface area (Å²) in [5.74, 6) is 0. The maximum atomic E-state index is 2.08. The van der Waals surface area contributed by atoms with Gasteiger partial charge in [0.15, 0.2) is 0 Å². The zero-order valence-corrected chi connectivity index (χ0v) is 5.63. The van der Waals surface area contributed by atoms with Crippen molar-refractivity contribution in [1.29, 1.82) is 0 Å². The van der Waals surface area contributed by atoms with Crippen LogP contribution < -0.4 is 0 Å². The second-order valence-electron chi connectivity index (χ2n) is 1.65. The van der Waals surface area contributed by atoms with E-state index in [1.807, 2.05) is 18.2 Å². The van der Waals surface area contributed by atoms with E-state index >= 15 is 0 Å². The van der Waals surface area contributed by atoms with E-state index in [1.165, 1.54) is 5.56 Å². The van der Waals surface area contributed by atoms with E-state index in [9.17, 15) is 0 Å². The van der Waals surface area contributed by atoms with E-state index in [2.05, 4.69) is 19.1 Å². The van der Waals surface area contributed by atoms with Gasteiger partial charge >= 0.3 is 17.1 Å². The van der Waals surface area contributed by atoms with Crippen LogP contribution in [0.25, 0.3) is 0 Å². The molecule has 1 rings (SSSR count). The SMILES string of the molecule is Cc1ccccc1.[Cu+]. The van der Waals surface area contributed by atoms with Gasteiger partial charge in [-0.2, -0.15) is 0 Å². The van der Waals surface area contributed by atoms with Crippen molar-refractivity contribution in [2.24, 2.45) is 0 Å². The molecular weight excluding hydrogens is 148 g/mol. The van der Waals surface area contributed by atoms with E-state index in [1.54, 1.807) is 0 Å². The summed E-state index contributed by atoms with van der Waals surface area (Å²) in [4.78, 5) is 0. The number of rotatable bonds is 0. The summed E-state index contributed by atoms with van der Waals surface area (Å²) >= 11 is 0. The van der Waals surface area contributed by atoms with Crippen molar-refractivity contribution >= 4 is 0 Å². The molecule has 0 aromatic heterocycles. The first-order valence-corrected chi connectivity index (χ1v) is 2.41. The predicted octanol–water partition coefficient (Wildman–Crippen LogP) is 1.99. The minimum Gasteiger partial charge on any atom is -0.0622 e. The van der Waals surface area contributed by atoms with E-state index in [4.69, 9.17) is 0 Å². The molecule has 1 aromatic carbocycles. The van der Waals surface area contributed by atoms with Crippen LogP contribution >= 0.6 is 0 Å². The Morgan fingerprint density at radius 1 is 1.00 bits per heavy atom. The maximum Gasteiger partial charge on any atom is 1.00 e. The summed E-state index contributed by atoms with van der Waals surface area (Å²) in [6.45, 7) is 2.08. The molecule has 46 valence electrons. The molecule has 0 saturated heterocycles. The molecule has 1 heteroatoms. The predicted molar refractivity (Wildman–Crippen MR) is 31.2 cm³/mol. The number of hydrogen-bond donors (Lipinski definition) is 0. The fraction of sp³-hybridized carbons (Fsp3) is 0.143. The van der Waals surface area contributed by atoms with Crippen LogP contribution in [0.5, 0.6) is 0 Å². The van der Waals surface area contributed by atoms with Crippen LogP contribution in [0.15, 0.2) is 30.3 Å². The first-order valence-electron chi connectivity index (χ1n) is 2.41.